The highest BCUT2D eigenvalue weighted by Gasteiger charge is 2.15. The maximum Gasteiger partial charge on any atom is 0.0699 e. The third-order valence-electron chi connectivity index (χ3n) is 3.27. The van der Waals surface area contributed by atoms with Crippen LogP contribution in [0, 0.1) is 0 Å². The van der Waals surface area contributed by atoms with Gasteiger partial charge in [-0.05, 0) is 33.2 Å². The lowest BCUT2D eigenvalue weighted by molar-refractivity contribution is 0.0445. The van der Waals surface area contributed by atoms with Crippen LogP contribution in [0.3, 0.4) is 0 Å². The first-order valence-corrected chi connectivity index (χ1v) is 7.61. The van der Waals surface area contributed by atoms with E-state index in [0.29, 0.717) is 12.1 Å². The van der Waals surface area contributed by atoms with Crippen LogP contribution in [-0.4, -0.2) is 25.3 Å². The predicted molar refractivity (Wildman–Crippen MR) is 76.5 cm³/mol. The molecule has 0 saturated carbocycles. The lowest BCUT2D eigenvalue weighted by Crippen LogP contribution is -2.40. The van der Waals surface area contributed by atoms with E-state index in [1.165, 1.54) is 44.9 Å². The van der Waals surface area contributed by atoms with E-state index in [1.54, 1.807) is 0 Å². The molecule has 0 aliphatic rings. The summed E-state index contributed by atoms with van der Waals surface area (Å²) in [5.74, 6) is 0. The Kier molecular flexibility index (Phi) is 12.3. The molecule has 2 unspecified atom stereocenters. The number of rotatable bonds is 12. The van der Waals surface area contributed by atoms with E-state index in [0.717, 1.165) is 13.2 Å². The van der Waals surface area contributed by atoms with Crippen molar-refractivity contribution < 1.29 is 4.74 Å². The van der Waals surface area contributed by atoms with Crippen LogP contribution in [0.5, 0.6) is 0 Å². The van der Waals surface area contributed by atoms with Crippen LogP contribution >= 0.6 is 0 Å². The highest BCUT2D eigenvalue weighted by Crippen LogP contribution is 2.11. The van der Waals surface area contributed by atoms with E-state index in [2.05, 4.69) is 33.0 Å². The first kappa shape index (κ1) is 16.9. The largest absolute Gasteiger partial charge is 0.377 e. The summed E-state index contributed by atoms with van der Waals surface area (Å²) in [6.45, 7) is 10.7. The van der Waals surface area contributed by atoms with Crippen LogP contribution in [-0.2, 0) is 4.74 Å². The summed E-state index contributed by atoms with van der Waals surface area (Å²) >= 11 is 0. The SMILES string of the molecule is CCCCCCCC(NCCC)C(C)OCC. The Morgan fingerprint density at radius 2 is 1.65 bits per heavy atom. The number of nitrogens with one attached hydrogen (secondary N) is 1. The molecule has 0 radical (unpaired) electrons. The van der Waals surface area contributed by atoms with Crippen molar-refractivity contribution >= 4 is 0 Å². The monoisotopic (exact) mass is 243 g/mol. The van der Waals surface area contributed by atoms with Crippen LogP contribution in [0.4, 0.5) is 0 Å². The first-order valence-electron chi connectivity index (χ1n) is 7.61. The van der Waals surface area contributed by atoms with Gasteiger partial charge >= 0.3 is 0 Å². The Bertz CT molecular complexity index is 150. The molecule has 0 saturated heterocycles. The van der Waals surface area contributed by atoms with Gasteiger partial charge in [-0.2, -0.15) is 0 Å². The van der Waals surface area contributed by atoms with Gasteiger partial charge in [0.15, 0.2) is 0 Å². The predicted octanol–water partition coefficient (Wildman–Crippen LogP) is 4.14. The summed E-state index contributed by atoms with van der Waals surface area (Å²) < 4.78 is 5.72. The number of hydrogen-bond donors (Lipinski definition) is 1. The fourth-order valence-electron chi connectivity index (χ4n) is 2.18. The molecule has 0 aromatic carbocycles. The van der Waals surface area contributed by atoms with Gasteiger partial charge in [-0.1, -0.05) is 46.0 Å². The smallest absolute Gasteiger partial charge is 0.0699 e. The van der Waals surface area contributed by atoms with Gasteiger partial charge in [-0.3, -0.25) is 0 Å². The van der Waals surface area contributed by atoms with Crippen molar-refractivity contribution in [2.24, 2.45) is 0 Å². The Labute approximate surface area is 109 Å². The second-order valence-corrected chi connectivity index (χ2v) is 4.92. The van der Waals surface area contributed by atoms with Gasteiger partial charge in [0, 0.05) is 12.6 Å². The molecule has 17 heavy (non-hydrogen) atoms. The maximum absolute atomic E-state index is 5.72. The van der Waals surface area contributed by atoms with E-state index in [1.807, 2.05) is 0 Å². The van der Waals surface area contributed by atoms with Crippen molar-refractivity contribution in [3.63, 3.8) is 0 Å². The fourth-order valence-corrected chi connectivity index (χ4v) is 2.18. The quantitative estimate of drug-likeness (QED) is 0.520. The first-order chi connectivity index (χ1) is 8.26. The average Bonchev–Trinajstić information content (AvgIpc) is 2.33. The molecule has 0 amide bonds. The summed E-state index contributed by atoms with van der Waals surface area (Å²) in [4.78, 5) is 0. The van der Waals surface area contributed by atoms with Gasteiger partial charge in [0.05, 0.1) is 6.10 Å². The Morgan fingerprint density at radius 1 is 0.941 bits per heavy atom. The lowest BCUT2D eigenvalue weighted by Gasteiger charge is -2.25. The molecule has 0 aliphatic carbocycles. The molecule has 0 spiro atoms. The van der Waals surface area contributed by atoms with E-state index in [-0.39, 0.29) is 0 Å². The maximum atomic E-state index is 5.72. The Hall–Kier alpha value is -0.0800. The van der Waals surface area contributed by atoms with Crippen LogP contribution in [0.25, 0.3) is 0 Å². The van der Waals surface area contributed by atoms with Crippen LogP contribution in [0.1, 0.15) is 72.6 Å². The average molecular weight is 243 g/mol. The third-order valence-corrected chi connectivity index (χ3v) is 3.27. The summed E-state index contributed by atoms with van der Waals surface area (Å²) in [7, 11) is 0. The molecule has 2 heteroatoms. The second-order valence-electron chi connectivity index (χ2n) is 4.92. The third kappa shape index (κ3) is 9.61. The molecule has 0 rings (SSSR count). The molecule has 0 aromatic rings. The summed E-state index contributed by atoms with van der Waals surface area (Å²) in [6.07, 6.45) is 9.60. The summed E-state index contributed by atoms with van der Waals surface area (Å²) in [6, 6.07) is 0.538. The number of ether oxygens (including phenoxy) is 1. The molecule has 2 nitrogen and oxygen atoms in total. The van der Waals surface area contributed by atoms with Crippen molar-refractivity contribution in [1.29, 1.82) is 0 Å². The standard InChI is InChI=1S/C15H33NO/c1-5-8-9-10-11-12-15(16-13-6-2)14(4)17-7-3/h14-16H,5-13H2,1-4H3. The van der Waals surface area contributed by atoms with Crippen molar-refractivity contribution in [3.8, 4) is 0 Å². The molecule has 1 N–H and O–H groups in total. The molecule has 2 atom stereocenters. The lowest BCUT2D eigenvalue weighted by atomic mass is 10.0. The molecule has 104 valence electrons. The highest BCUT2D eigenvalue weighted by atomic mass is 16.5. The molecule has 0 aromatic heterocycles. The topological polar surface area (TPSA) is 21.3 Å². The number of unbranched alkanes of at least 4 members (excludes halogenated alkanes) is 4. The molecule has 0 heterocycles. The van der Waals surface area contributed by atoms with Gasteiger partial charge < -0.3 is 10.1 Å². The fraction of sp³-hybridized carbons (Fsp3) is 1.00. The van der Waals surface area contributed by atoms with Crippen molar-refractivity contribution in [3.05, 3.63) is 0 Å². The van der Waals surface area contributed by atoms with Gasteiger partial charge in [0.1, 0.15) is 0 Å². The van der Waals surface area contributed by atoms with Crippen molar-refractivity contribution in [1.82, 2.24) is 5.32 Å². The zero-order valence-electron chi connectivity index (χ0n) is 12.4. The molecular formula is C15H33NO. The van der Waals surface area contributed by atoms with Crippen molar-refractivity contribution in [2.45, 2.75) is 84.8 Å². The van der Waals surface area contributed by atoms with Gasteiger partial charge in [-0.15, -0.1) is 0 Å². The van der Waals surface area contributed by atoms with E-state index < -0.39 is 0 Å². The van der Waals surface area contributed by atoms with Gasteiger partial charge in [0.2, 0.25) is 0 Å². The molecule has 0 fully saturated rings. The molecule has 0 aliphatic heterocycles. The summed E-state index contributed by atoms with van der Waals surface area (Å²) in [5, 5.41) is 3.62. The number of hydrogen-bond acceptors (Lipinski definition) is 2. The molecular weight excluding hydrogens is 210 g/mol. The van der Waals surface area contributed by atoms with Crippen LogP contribution < -0.4 is 5.32 Å². The minimum atomic E-state index is 0.345. The second kappa shape index (κ2) is 12.4. The normalized spacial score (nSPS) is 14.8. The van der Waals surface area contributed by atoms with E-state index in [4.69, 9.17) is 4.74 Å². The van der Waals surface area contributed by atoms with Crippen LogP contribution in [0.15, 0.2) is 0 Å². The Balaban J connectivity index is 3.75. The van der Waals surface area contributed by atoms with Gasteiger partial charge in [-0.25, -0.2) is 0 Å². The van der Waals surface area contributed by atoms with Crippen LogP contribution in [0.2, 0.25) is 0 Å². The van der Waals surface area contributed by atoms with Gasteiger partial charge in [0.25, 0.3) is 0 Å². The minimum Gasteiger partial charge on any atom is -0.377 e. The Morgan fingerprint density at radius 3 is 2.24 bits per heavy atom. The van der Waals surface area contributed by atoms with E-state index >= 15 is 0 Å². The zero-order valence-corrected chi connectivity index (χ0v) is 12.4. The highest BCUT2D eigenvalue weighted by molar-refractivity contribution is 4.73. The summed E-state index contributed by atoms with van der Waals surface area (Å²) in [5.41, 5.74) is 0. The van der Waals surface area contributed by atoms with Crippen molar-refractivity contribution in [2.75, 3.05) is 13.2 Å². The van der Waals surface area contributed by atoms with E-state index in [9.17, 15) is 0 Å². The molecule has 0 bridgehead atoms. The minimum absolute atomic E-state index is 0.345. The zero-order chi connectivity index (χ0) is 12.9.